The summed E-state index contributed by atoms with van der Waals surface area (Å²) in [5, 5.41) is 2.55. The predicted octanol–water partition coefficient (Wildman–Crippen LogP) is 2.13. The second-order valence-corrected chi connectivity index (χ2v) is 8.98. The van der Waals surface area contributed by atoms with Gasteiger partial charge >= 0.3 is 0 Å². The molecule has 0 aliphatic carbocycles. The van der Waals surface area contributed by atoms with Crippen molar-refractivity contribution >= 4 is 21.6 Å². The van der Waals surface area contributed by atoms with Crippen LogP contribution in [-0.4, -0.2) is 57.2 Å². The normalized spacial score (nSPS) is 15.1. The van der Waals surface area contributed by atoms with Gasteiger partial charge in [-0.1, -0.05) is 0 Å². The second kappa shape index (κ2) is 7.84. The summed E-state index contributed by atoms with van der Waals surface area (Å²) in [4.78, 5) is 18.7. The first-order chi connectivity index (χ1) is 13.2. The van der Waals surface area contributed by atoms with Crippen LogP contribution in [0.1, 0.15) is 16.1 Å². The fourth-order valence-electron chi connectivity index (χ4n) is 3.20. The molecule has 1 aromatic carbocycles. The van der Waals surface area contributed by atoms with Crippen molar-refractivity contribution in [1.82, 2.24) is 9.88 Å². The number of nitrogens with one attached hydrogen (secondary N) is 1. The van der Waals surface area contributed by atoms with Gasteiger partial charge in [0.15, 0.2) is 9.84 Å². The molecule has 28 heavy (non-hydrogen) atoms. The van der Waals surface area contributed by atoms with Crippen LogP contribution in [0.25, 0.3) is 0 Å². The number of hydrogen-bond acceptors (Lipinski definition) is 6. The van der Waals surface area contributed by atoms with Gasteiger partial charge in [0.2, 0.25) is 0 Å². The molecule has 1 saturated heterocycles. The highest BCUT2D eigenvalue weighted by molar-refractivity contribution is 7.91. The number of hydrogen-bond donors (Lipinski definition) is 1. The second-order valence-electron chi connectivity index (χ2n) is 6.95. The maximum Gasteiger partial charge on any atom is 0.260 e. The molecule has 0 saturated carbocycles. The molecule has 0 atom stereocenters. The SMILES string of the molecule is COc1ccc(S(=O)(=O)CC2CN(C)C2)cc1C(=O)Nc1ccc(F)c(C)n1. The first-order valence-electron chi connectivity index (χ1n) is 8.73. The molecule has 150 valence electrons. The van der Waals surface area contributed by atoms with Crippen molar-refractivity contribution in [1.29, 1.82) is 0 Å². The maximum absolute atomic E-state index is 13.4. The number of sulfone groups is 1. The van der Waals surface area contributed by atoms with Gasteiger partial charge in [0.05, 0.1) is 29.0 Å². The average Bonchev–Trinajstić information content (AvgIpc) is 2.62. The third kappa shape index (κ3) is 4.31. The van der Waals surface area contributed by atoms with Crippen molar-refractivity contribution in [3.05, 3.63) is 47.4 Å². The number of benzene rings is 1. The van der Waals surface area contributed by atoms with E-state index < -0.39 is 21.6 Å². The van der Waals surface area contributed by atoms with Crippen LogP contribution in [0, 0.1) is 18.7 Å². The molecule has 1 fully saturated rings. The summed E-state index contributed by atoms with van der Waals surface area (Å²) in [6, 6.07) is 6.74. The van der Waals surface area contributed by atoms with Gasteiger partial charge in [0.25, 0.3) is 5.91 Å². The number of carbonyl (C=O) groups excluding carboxylic acids is 1. The van der Waals surface area contributed by atoms with E-state index in [0.29, 0.717) is 0 Å². The highest BCUT2D eigenvalue weighted by Crippen LogP contribution is 2.26. The first-order valence-corrected chi connectivity index (χ1v) is 10.4. The van der Waals surface area contributed by atoms with Gasteiger partial charge in [0.1, 0.15) is 17.4 Å². The predicted molar refractivity (Wildman–Crippen MR) is 103 cm³/mol. The Morgan fingerprint density at radius 2 is 2.04 bits per heavy atom. The molecule has 2 aromatic rings. The summed E-state index contributed by atoms with van der Waals surface area (Å²) >= 11 is 0. The number of likely N-dealkylation sites (tertiary alicyclic amines) is 1. The van der Waals surface area contributed by atoms with Crippen molar-refractivity contribution in [3.8, 4) is 5.75 Å². The van der Waals surface area contributed by atoms with E-state index in [0.717, 1.165) is 13.1 Å². The Morgan fingerprint density at radius 1 is 1.32 bits per heavy atom. The smallest absolute Gasteiger partial charge is 0.260 e. The third-order valence-electron chi connectivity index (χ3n) is 4.63. The van der Waals surface area contributed by atoms with Crippen LogP contribution >= 0.6 is 0 Å². The summed E-state index contributed by atoms with van der Waals surface area (Å²) in [6.07, 6.45) is 0. The van der Waals surface area contributed by atoms with Gasteiger partial charge in [-0.15, -0.1) is 0 Å². The van der Waals surface area contributed by atoms with E-state index in [4.69, 9.17) is 4.74 Å². The molecule has 0 radical (unpaired) electrons. The quantitative estimate of drug-likeness (QED) is 0.789. The van der Waals surface area contributed by atoms with Gasteiger partial charge in [0, 0.05) is 13.1 Å². The maximum atomic E-state index is 13.4. The number of rotatable bonds is 6. The zero-order valence-corrected chi connectivity index (χ0v) is 16.7. The van der Waals surface area contributed by atoms with Gasteiger partial charge in [-0.2, -0.15) is 0 Å². The average molecular weight is 407 g/mol. The number of carbonyl (C=O) groups is 1. The van der Waals surface area contributed by atoms with Crippen molar-refractivity contribution in [2.24, 2.45) is 5.92 Å². The third-order valence-corrected chi connectivity index (χ3v) is 6.51. The number of amides is 1. The Balaban J connectivity index is 1.85. The van der Waals surface area contributed by atoms with Crippen LogP contribution in [-0.2, 0) is 9.84 Å². The fourth-order valence-corrected chi connectivity index (χ4v) is 4.79. The van der Waals surface area contributed by atoms with E-state index in [1.54, 1.807) is 0 Å². The molecule has 1 amide bonds. The van der Waals surface area contributed by atoms with E-state index in [9.17, 15) is 17.6 Å². The zero-order chi connectivity index (χ0) is 20.5. The molecule has 0 unspecified atom stereocenters. The summed E-state index contributed by atoms with van der Waals surface area (Å²) in [5.74, 6) is -0.555. The number of halogens is 1. The van der Waals surface area contributed by atoms with Crippen LogP contribution in [0.3, 0.4) is 0 Å². The van der Waals surface area contributed by atoms with E-state index in [1.165, 1.54) is 44.4 Å². The molecule has 0 bridgehead atoms. The van der Waals surface area contributed by atoms with E-state index >= 15 is 0 Å². The Kier molecular flexibility index (Phi) is 5.66. The summed E-state index contributed by atoms with van der Waals surface area (Å²) in [6.45, 7) is 2.95. The lowest BCUT2D eigenvalue weighted by atomic mass is 10.0. The lowest BCUT2D eigenvalue weighted by Gasteiger charge is -2.35. The number of pyridine rings is 1. The molecule has 1 aromatic heterocycles. The number of aromatic nitrogens is 1. The van der Waals surface area contributed by atoms with Gasteiger partial charge in [-0.05, 0) is 50.2 Å². The standard InChI is InChI=1S/C19H22FN3O4S/c1-12-16(20)5-7-18(21-12)22-19(24)15-8-14(4-6-17(15)27-3)28(25,26)11-13-9-23(2)10-13/h4-8,13H,9-11H2,1-3H3,(H,21,22,24). The minimum Gasteiger partial charge on any atom is -0.496 e. The lowest BCUT2D eigenvalue weighted by Crippen LogP contribution is -2.46. The van der Waals surface area contributed by atoms with Crippen LogP contribution in [0.5, 0.6) is 5.75 Å². The Labute approximate surface area is 163 Å². The molecule has 9 heteroatoms. The Morgan fingerprint density at radius 3 is 2.64 bits per heavy atom. The van der Waals surface area contributed by atoms with Gasteiger partial charge in [-0.25, -0.2) is 17.8 Å². The van der Waals surface area contributed by atoms with Crippen molar-refractivity contribution in [2.45, 2.75) is 11.8 Å². The molecule has 0 spiro atoms. The summed E-state index contributed by atoms with van der Waals surface area (Å²) < 4.78 is 44.0. The Bertz CT molecular complexity index is 1000. The largest absolute Gasteiger partial charge is 0.496 e. The molecule has 2 heterocycles. The number of nitrogens with zero attached hydrogens (tertiary/aromatic N) is 2. The fraction of sp³-hybridized carbons (Fsp3) is 0.368. The number of aryl methyl sites for hydroxylation is 1. The monoisotopic (exact) mass is 407 g/mol. The Hall–Kier alpha value is -2.52. The van der Waals surface area contributed by atoms with Crippen LogP contribution in [0.2, 0.25) is 0 Å². The minimum absolute atomic E-state index is 0.0312. The lowest BCUT2D eigenvalue weighted by molar-refractivity contribution is 0.102. The van der Waals surface area contributed by atoms with Crippen molar-refractivity contribution < 1.29 is 22.3 Å². The number of anilines is 1. The van der Waals surface area contributed by atoms with E-state index in [1.807, 2.05) is 11.9 Å². The number of ether oxygens (including phenoxy) is 1. The minimum atomic E-state index is -3.54. The van der Waals surface area contributed by atoms with Gasteiger partial charge in [-0.3, -0.25) is 4.79 Å². The van der Waals surface area contributed by atoms with E-state index in [2.05, 4.69) is 10.3 Å². The topological polar surface area (TPSA) is 88.6 Å². The number of methoxy groups -OCH3 is 1. The first kappa shape index (κ1) is 20.2. The highest BCUT2D eigenvalue weighted by atomic mass is 32.2. The molecule has 1 aliphatic rings. The molecule has 1 N–H and O–H groups in total. The van der Waals surface area contributed by atoms with Crippen molar-refractivity contribution in [3.63, 3.8) is 0 Å². The van der Waals surface area contributed by atoms with Crippen LogP contribution < -0.4 is 10.1 Å². The molecule has 3 rings (SSSR count). The highest BCUT2D eigenvalue weighted by Gasteiger charge is 2.30. The van der Waals surface area contributed by atoms with Crippen LogP contribution in [0.4, 0.5) is 10.2 Å². The van der Waals surface area contributed by atoms with Gasteiger partial charge < -0.3 is 15.0 Å². The summed E-state index contributed by atoms with van der Waals surface area (Å²) in [5.41, 5.74) is 0.213. The summed E-state index contributed by atoms with van der Waals surface area (Å²) in [7, 11) is -0.209. The molecule has 1 aliphatic heterocycles. The molecular weight excluding hydrogens is 385 g/mol. The molecular formula is C19H22FN3O4S. The van der Waals surface area contributed by atoms with Crippen molar-refractivity contribution in [2.75, 3.05) is 38.3 Å². The van der Waals surface area contributed by atoms with E-state index in [-0.39, 0.29) is 39.4 Å². The molecule has 7 nitrogen and oxygen atoms in total. The van der Waals surface area contributed by atoms with Crippen LogP contribution in [0.15, 0.2) is 35.2 Å². The zero-order valence-electron chi connectivity index (χ0n) is 15.9.